The number of carbonyl (C=O) groups is 2. The fourth-order valence-corrected chi connectivity index (χ4v) is 2.84. The Kier molecular flexibility index (Phi) is 6.22. The van der Waals surface area contributed by atoms with Crippen molar-refractivity contribution in [2.45, 2.75) is 0 Å². The lowest BCUT2D eigenvalue weighted by atomic mass is 10.1. The molecule has 0 saturated carbocycles. The number of benzene rings is 2. The number of methoxy groups -OCH3 is 1. The van der Waals surface area contributed by atoms with E-state index < -0.39 is 0 Å². The fourth-order valence-electron chi connectivity index (χ4n) is 2.84. The first-order valence-corrected chi connectivity index (χ1v) is 8.89. The maximum absolute atomic E-state index is 13.0. The molecule has 1 fully saturated rings. The van der Waals surface area contributed by atoms with Gasteiger partial charge in [-0.25, -0.2) is 0 Å². The third kappa shape index (κ3) is 4.95. The zero-order chi connectivity index (χ0) is 19.1. The van der Waals surface area contributed by atoms with Crippen molar-refractivity contribution in [1.82, 2.24) is 15.5 Å². The van der Waals surface area contributed by atoms with Gasteiger partial charge in [0.2, 0.25) is 0 Å². The number of carbonyl (C=O) groups excluding carboxylic acids is 2. The number of ether oxygens (including phenoxy) is 1. The second-order valence-corrected chi connectivity index (χ2v) is 6.19. The second kappa shape index (κ2) is 9.00. The number of rotatable bonds is 5. The van der Waals surface area contributed by atoms with Crippen LogP contribution in [0.25, 0.3) is 6.08 Å². The minimum Gasteiger partial charge on any atom is -0.497 e. The Bertz CT molecular complexity index is 810. The molecule has 1 aliphatic heterocycles. The van der Waals surface area contributed by atoms with E-state index >= 15 is 0 Å². The molecule has 1 heterocycles. The Morgan fingerprint density at radius 1 is 1.04 bits per heavy atom. The Hall–Kier alpha value is -3.12. The SMILES string of the molecule is COc1ccc(/C=C(\NC(=O)c2ccccc2)C(=O)N2CCNCC2)cc1. The van der Waals surface area contributed by atoms with Gasteiger partial charge in [-0.2, -0.15) is 0 Å². The van der Waals surface area contributed by atoms with Crippen molar-refractivity contribution >= 4 is 17.9 Å². The second-order valence-electron chi connectivity index (χ2n) is 6.19. The van der Waals surface area contributed by atoms with Gasteiger partial charge in [-0.1, -0.05) is 30.3 Å². The van der Waals surface area contributed by atoms with Crippen molar-refractivity contribution in [3.05, 3.63) is 71.4 Å². The maximum Gasteiger partial charge on any atom is 0.270 e. The van der Waals surface area contributed by atoms with E-state index in [4.69, 9.17) is 4.74 Å². The predicted octanol–water partition coefficient (Wildman–Crippen LogP) is 1.90. The van der Waals surface area contributed by atoms with Crippen LogP contribution in [-0.2, 0) is 4.79 Å². The van der Waals surface area contributed by atoms with Crippen molar-refractivity contribution in [3.63, 3.8) is 0 Å². The van der Waals surface area contributed by atoms with Crippen LogP contribution < -0.4 is 15.4 Å². The van der Waals surface area contributed by atoms with Crippen LogP contribution in [0.15, 0.2) is 60.3 Å². The van der Waals surface area contributed by atoms with E-state index in [1.807, 2.05) is 30.3 Å². The van der Waals surface area contributed by atoms with E-state index in [1.165, 1.54) is 0 Å². The average Bonchev–Trinajstić information content (AvgIpc) is 2.74. The van der Waals surface area contributed by atoms with Crippen LogP contribution in [0.4, 0.5) is 0 Å². The average molecular weight is 365 g/mol. The molecule has 0 aliphatic carbocycles. The summed E-state index contributed by atoms with van der Waals surface area (Å²) in [6.45, 7) is 2.71. The van der Waals surface area contributed by atoms with E-state index in [2.05, 4.69) is 10.6 Å². The fraction of sp³-hybridized carbons (Fsp3) is 0.238. The molecule has 0 unspecified atom stereocenters. The van der Waals surface area contributed by atoms with Crippen molar-refractivity contribution < 1.29 is 14.3 Å². The van der Waals surface area contributed by atoms with E-state index in [0.717, 1.165) is 24.4 Å². The van der Waals surface area contributed by atoms with Crippen LogP contribution in [0.1, 0.15) is 15.9 Å². The molecule has 6 nitrogen and oxygen atoms in total. The van der Waals surface area contributed by atoms with Gasteiger partial charge in [-0.15, -0.1) is 0 Å². The predicted molar refractivity (Wildman–Crippen MR) is 104 cm³/mol. The van der Waals surface area contributed by atoms with Crippen LogP contribution in [0.3, 0.4) is 0 Å². The van der Waals surface area contributed by atoms with Gasteiger partial charge >= 0.3 is 0 Å². The summed E-state index contributed by atoms with van der Waals surface area (Å²) < 4.78 is 5.17. The number of nitrogens with one attached hydrogen (secondary N) is 2. The van der Waals surface area contributed by atoms with Gasteiger partial charge in [0.15, 0.2) is 0 Å². The van der Waals surface area contributed by atoms with Gasteiger partial charge in [0.1, 0.15) is 11.4 Å². The molecular weight excluding hydrogens is 342 g/mol. The highest BCUT2D eigenvalue weighted by atomic mass is 16.5. The topological polar surface area (TPSA) is 70.7 Å². The Morgan fingerprint density at radius 2 is 1.70 bits per heavy atom. The summed E-state index contributed by atoms with van der Waals surface area (Å²) in [5, 5.41) is 6.01. The lowest BCUT2D eigenvalue weighted by molar-refractivity contribution is -0.127. The minimum atomic E-state index is -0.307. The molecule has 0 radical (unpaired) electrons. The van der Waals surface area contributed by atoms with Crippen LogP contribution >= 0.6 is 0 Å². The van der Waals surface area contributed by atoms with Gasteiger partial charge in [-0.05, 0) is 35.9 Å². The van der Waals surface area contributed by atoms with Crippen LogP contribution in [0, 0.1) is 0 Å². The molecule has 0 bridgehead atoms. The van der Waals surface area contributed by atoms with E-state index in [1.54, 1.807) is 42.4 Å². The Labute approximate surface area is 158 Å². The first-order valence-electron chi connectivity index (χ1n) is 8.89. The number of amides is 2. The summed E-state index contributed by atoms with van der Waals surface area (Å²) in [6.07, 6.45) is 1.70. The van der Waals surface area contributed by atoms with Crippen LogP contribution in [0.5, 0.6) is 5.75 Å². The standard InChI is InChI=1S/C21H23N3O3/c1-27-18-9-7-16(8-10-18)15-19(21(26)24-13-11-22-12-14-24)23-20(25)17-5-3-2-4-6-17/h2-10,15,22H,11-14H2,1H3,(H,23,25)/b19-15-. The molecule has 2 aromatic rings. The zero-order valence-electron chi connectivity index (χ0n) is 15.3. The molecule has 1 aliphatic rings. The van der Waals surface area contributed by atoms with Crippen molar-refractivity contribution in [2.24, 2.45) is 0 Å². The van der Waals surface area contributed by atoms with Crippen molar-refractivity contribution in [3.8, 4) is 5.75 Å². The molecular formula is C21H23N3O3. The van der Waals surface area contributed by atoms with Crippen LogP contribution in [0.2, 0.25) is 0 Å². The molecule has 2 aromatic carbocycles. The number of nitrogens with zero attached hydrogens (tertiary/aromatic N) is 1. The van der Waals surface area contributed by atoms with Crippen molar-refractivity contribution in [1.29, 1.82) is 0 Å². The number of hydrogen-bond acceptors (Lipinski definition) is 4. The third-order valence-electron chi connectivity index (χ3n) is 4.35. The highest BCUT2D eigenvalue weighted by Crippen LogP contribution is 2.15. The van der Waals surface area contributed by atoms with Gasteiger partial charge in [0, 0.05) is 31.7 Å². The summed E-state index contributed by atoms with van der Waals surface area (Å²) >= 11 is 0. The molecule has 1 saturated heterocycles. The summed E-state index contributed by atoms with van der Waals surface area (Å²) in [5.41, 5.74) is 1.57. The Balaban J connectivity index is 1.86. The largest absolute Gasteiger partial charge is 0.497 e. The highest BCUT2D eigenvalue weighted by Gasteiger charge is 2.22. The van der Waals surface area contributed by atoms with E-state index in [0.29, 0.717) is 18.7 Å². The molecule has 27 heavy (non-hydrogen) atoms. The molecule has 6 heteroatoms. The number of piperazine rings is 1. The lowest BCUT2D eigenvalue weighted by Gasteiger charge is -2.28. The third-order valence-corrected chi connectivity index (χ3v) is 4.35. The van der Waals surface area contributed by atoms with Gasteiger partial charge in [0.05, 0.1) is 7.11 Å². The molecule has 0 atom stereocenters. The summed E-state index contributed by atoms with van der Waals surface area (Å²) in [5.74, 6) is 0.242. The minimum absolute atomic E-state index is 0.184. The molecule has 2 N–H and O–H groups in total. The summed E-state index contributed by atoms with van der Waals surface area (Å²) in [4.78, 5) is 27.3. The van der Waals surface area contributed by atoms with Gasteiger partial charge in [0.25, 0.3) is 11.8 Å². The Morgan fingerprint density at radius 3 is 2.33 bits per heavy atom. The molecule has 0 spiro atoms. The van der Waals surface area contributed by atoms with Gasteiger partial charge in [-0.3, -0.25) is 9.59 Å². The van der Waals surface area contributed by atoms with E-state index in [9.17, 15) is 9.59 Å². The summed E-state index contributed by atoms with van der Waals surface area (Å²) in [6, 6.07) is 16.2. The lowest BCUT2D eigenvalue weighted by Crippen LogP contribution is -2.48. The molecule has 0 aromatic heterocycles. The molecule has 3 rings (SSSR count). The zero-order valence-corrected chi connectivity index (χ0v) is 15.3. The first kappa shape index (κ1) is 18.7. The van der Waals surface area contributed by atoms with Gasteiger partial charge < -0.3 is 20.3 Å². The maximum atomic E-state index is 13.0. The van der Waals surface area contributed by atoms with Crippen LogP contribution in [-0.4, -0.2) is 50.0 Å². The summed E-state index contributed by atoms with van der Waals surface area (Å²) in [7, 11) is 1.60. The molecule has 140 valence electrons. The smallest absolute Gasteiger partial charge is 0.270 e. The van der Waals surface area contributed by atoms with Crippen molar-refractivity contribution in [2.75, 3.05) is 33.3 Å². The highest BCUT2D eigenvalue weighted by molar-refractivity contribution is 6.05. The quantitative estimate of drug-likeness (QED) is 0.794. The number of hydrogen-bond donors (Lipinski definition) is 2. The normalized spacial score (nSPS) is 14.6. The molecule has 2 amide bonds. The monoisotopic (exact) mass is 365 g/mol. The first-order chi connectivity index (χ1) is 13.2. The van der Waals surface area contributed by atoms with E-state index in [-0.39, 0.29) is 17.5 Å².